The van der Waals surface area contributed by atoms with Crippen molar-refractivity contribution in [3.63, 3.8) is 0 Å². The molecule has 1 aromatic carbocycles. The number of carbonyl (C=O) groups excluding carboxylic acids is 1. The molecule has 3 aromatic rings. The van der Waals surface area contributed by atoms with Crippen molar-refractivity contribution in [2.45, 2.75) is 20.8 Å². The Balaban J connectivity index is 1.87. The Morgan fingerprint density at radius 2 is 1.54 bits per heavy atom. The number of aromatic nitrogens is 2. The first-order chi connectivity index (χ1) is 11.5. The third-order valence-corrected chi connectivity index (χ3v) is 4.17. The predicted octanol–water partition coefficient (Wildman–Crippen LogP) is 4.07. The molecular formula is C20H21N3O. The molecule has 2 aromatic heterocycles. The van der Waals surface area contributed by atoms with Gasteiger partial charge in [0.1, 0.15) is 5.82 Å². The first kappa shape index (κ1) is 16.0. The van der Waals surface area contributed by atoms with Gasteiger partial charge in [0.2, 0.25) is 0 Å². The molecule has 0 saturated heterocycles. The van der Waals surface area contributed by atoms with Gasteiger partial charge in [-0.3, -0.25) is 9.69 Å². The van der Waals surface area contributed by atoms with Crippen molar-refractivity contribution in [1.82, 2.24) is 9.55 Å². The molecule has 0 aliphatic carbocycles. The smallest absolute Gasteiger partial charge is 0.259 e. The van der Waals surface area contributed by atoms with Crippen molar-refractivity contribution in [3.8, 4) is 5.69 Å². The molecule has 0 aliphatic heterocycles. The van der Waals surface area contributed by atoms with E-state index in [0.29, 0.717) is 11.4 Å². The number of hydrogen-bond acceptors (Lipinski definition) is 2. The summed E-state index contributed by atoms with van der Waals surface area (Å²) in [6.07, 6.45) is 0. The van der Waals surface area contributed by atoms with Gasteiger partial charge >= 0.3 is 0 Å². The largest absolute Gasteiger partial charge is 0.319 e. The molecule has 0 fully saturated rings. The molecule has 0 N–H and O–H groups in total. The van der Waals surface area contributed by atoms with E-state index in [9.17, 15) is 4.79 Å². The van der Waals surface area contributed by atoms with Crippen LogP contribution in [0.2, 0.25) is 0 Å². The highest BCUT2D eigenvalue weighted by Crippen LogP contribution is 2.18. The van der Waals surface area contributed by atoms with Gasteiger partial charge in [-0.05, 0) is 69.3 Å². The van der Waals surface area contributed by atoms with E-state index in [1.807, 2.05) is 49.4 Å². The number of carbonyl (C=O) groups is 1. The van der Waals surface area contributed by atoms with Gasteiger partial charge in [-0.2, -0.15) is 0 Å². The fourth-order valence-electron chi connectivity index (χ4n) is 2.84. The highest BCUT2D eigenvalue weighted by atomic mass is 16.2. The molecule has 0 saturated carbocycles. The van der Waals surface area contributed by atoms with Gasteiger partial charge in [0.25, 0.3) is 5.91 Å². The Bertz CT molecular complexity index is 859. The van der Waals surface area contributed by atoms with Gasteiger partial charge in [0.05, 0.1) is 0 Å². The van der Waals surface area contributed by atoms with Crippen LogP contribution in [0.1, 0.15) is 27.4 Å². The molecule has 2 heterocycles. The van der Waals surface area contributed by atoms with E-state index in [1.54, 1.807) is 11.9 Å². The first-order valence-electron chi connectivity index (χ1n) is 7.94. The zero-order valence-electron chi connectivity index (χ0n) is 14.4. The maximum atomic E-state index is 12.7. The summed E-state index contributed by atoms with van der Waals surface area (Å²) in [6.45, 7) is 6.06. The van der Waals surface area contributed by atoms with Crippen LogP contribution in [0.3, 0.4) is 0 Å². The Morgan fingerprint density at radius 1 is 0.917 bits per heavy atom. The van der Waals surface area contributed by atoms with Crippen LogP contribution in [0.15, 0.2) is 54.6 Å². The van der Waals surface area contributed by atoms with E-state index in [4.69, 9.17) is 0 Å². The average Bonchev–Trinajstić information content (AvgIpc) is 2.92. The lowest BCUT2D eigenvalue weighted by atomic mass is 10.1. The topological polar surface area (TPSA) is 38.1 Å². The number of pyridine rings is 1. The minimum atomic E-state index is -0.0689. The number of anilines is 1. The lowest BCUT2D eigenvalue weighted by Gasteiger charge is -2.17. The second-order valence-electron chi connectivity index (χ2n) is 6.00. The van der Waals surface area contributed by atoms with Gasteiger partial charge in [0.15, 0.2) is 0 Å². The second kappa shape index (κ2) is 6.32. The molecule has 0 spiro atoms. The van der Waals surface area contributed by atoms with E-state index in [-0.39, 0.29) is 5.91 Å². The molecular weight excluding hydrogens is 298 g/mol. The molecule has 1 amide bonds. The van der Waals surface area contributed by atoms with Crippen molar-refractivity contribution < 1.29 is 4.79 Å². The average molecular weight is 319 g/mol. The standard InChI is InChI=1S/C20H21N3O/c1-14-6-5-7-19(21-14)22(4)20(24)17-10-12-18(13-11-17)23-15(2)8-9-16(23)3/h5-13H,1-4H3. The van der Waals surface area contributed by atoms with Gasteiger partial charge in [-0.15, -0.1) is 0 Å². The van der Waals surface area contributed by atoms with Gasteiger partial charge in [-0.25, -0.2) is 4.98 Å². The van der Waals surface area contributed by atoms with Crippen LogP contribution in [0.25, 0.3) is 5.69 Å². The summed E-state index contributed by atoms with van der Waals surface area (Å²) in [6, 6.07) is 17.5. The lowest BCUT2D eigenvalue weighted by Crippen LogP contribution is -2.27. The molecule has 4 nitrogen and oxygen atoms in total. The summed E-state index contributed by atoms with van der Waals surface area (Å²) in [5.41, 5.74) is 4.94. The highest BCUT2D eigenvalue weighted by Gasteiger charge is 2.15. The Morgan fingerprint density at radius 3 is 2.12 bits per heavy atom. The molecule has 3 rings (SSSR count). The summed E-state index contributed by atoms with van der Waals surface area (Å²) < 4.78 is 2.17. The van der Waals surface area contributed by atoms with Crippen LogP contribution in [-0.2, 0) is 0 Å². The number of amides is 1. The normalized spacial score (nSPS) is 10.7. The van der Waals surface area contributed by atoms with E-state index in [0.717, 1.165) is 11.4 Å². The Hall–Kier alpha value is -2.88. The SMILES string of the molecule is Cc1cccc(N(C)C(=O)c2ccc(-n3c(C)ccc3C)cc2)n1. The van der Waals surface area contributed by atoms with E-state index >= 15 is 0 Å². The number of aryl methyl sites for hydroxylation is 3. The van der Waals surface area contributed by atoms with Crippen LogP contribution in [0.5, 0.6) is 0 Å². The maximum Gasteiger partial charge on any atom is 0.259 e. The van der Waals surface area contributed by atoms with E-state index in [1.165, 1.54) is 11.4 Å². The van der Waals surface area contributed by atoms with Crippen LogP contribution >= 0.6 is 0 Å². The molecule has 122 valence electrons. The van der Waals surface area contributed by atoms with Crippen molar-refractivity contribution >= 4 is 11.7 Å². The van der Waals surface area contributed by atoms with Crippen molar-refractivity contribution in [2.24, 2.45) is 0 Å². The maximum absolute atomic E-state index is 12.7. The molecule has 0 unspecified atom stereocenters. The minimum Gasteiger partial charge on any atom is -0.319 e. The summed E-state index contributed by atoms with van der Waals surface area (Å²) in [5, 5.41) is 0. The first-order valence-corrected chi connectivity index (χ1v) is 7.94. The van der Waals surface area contributed by atoms with E-state index in [2.05, 4.69) is 35.5 Å². The number of benzene rings is 1. The quantitative estimate of drug-likeness (QED) is 0.730. The molecule has 0 atom stereocenters. The summed E-state index contributed by atoms with van der Waals surface area (Å²) in [5.74, 6) is 0.585. The lowest BCUT2D eigenvalue weighted by molar-refractivity contribution is 0.0992. The zero-order chi connectivity index (χ0) is 17.3. The van der Waals surface area contributed by atoms with Crippen molar-refractivity contribution in [3.05, 3.63) is 77.2 Å². The van der Waals surface area contributed by atoms with Crippen LogP contribution in [-0.4, -0.2) is 22.5 Å². The number of nitrogens with zero attached hydrogens (tertiary/aromatic N) is 3. The minimum absolute atomic E-state index is 0.0689. The summed E-state index contributed by atoms with van der Waals surface area (Å²) in [4.78, 5) is 18.6. The van der Waals surface area contributed by atoms with Gasteiger partial charge < -0.3 is 4.57 Å². The number of rotatable bonds is 3. The van der Waals surface area contributed by atoms with Crippen molar-refractivity contribution in [2.75, 3.05) is 11.9 Å². The van der Waals surface area contributed by atoms with Gasteiger partial charge in [0, 0.05) is 35.4 Å². The second-order valence-corrected chi connectivity index (χ2v) is 6.00. The summed E-state index contributed by atoms with van der Waals surface area (Å²) >= 11 is 0. The zero-order valence-corrected chi connectivity index (χ0v) is 14.4. The third kappa shape index (κ3) is 2.95. The molecule has 24 heavy (non-hydrogen) atoms. The molecule has 0 aliphatic rings. The monoisotopic (exact) mass is 319 g/mol. The fourth-order valence-corrected chi connectivity index (χ4v) is 2.84. The summed E-state index contributed by atoms with van der Waals surface area (Å²) in [7, 11) is 1.75. The van der Waals surface area contributed by atoms with Crippen LogP contribution in [0, 0.1) is 20.8 Å². The molecule has 4 heteroatoms. The highest BCUT2D eigenvalue weighted by molar-refractivity contribution is 6.05. The van der Waals surface area contributed by atoms with Crippen LogP contribution in [0.4, 0.5) is 5.82 Å². The third-order valence-electron chi connectivity index (χ3n) is 4.17. The van der Waals surface area contributed by atoms with Gasteiger partial charge in [-0.1, -0.05) is 6.07 Å². The Labute approximate surface area is 142 Å². The predicted molar refractivity (Wildman–Crippen MR) is 97.0 cm³/mol. The fraction of sp³-hybridized carbons (Fsp3) is 0.200. The van der Waals surface area contributed by atoms with Crippen LogP contribution < -0.4 is 4.90 Å². The molecule has 0 radical (unpaired) electrons. The van der Waals surface area contributed by atoms with Crippen molar-refractivity contribution in [1.29, 1.82) is 0 Å². The molecule has 0 bridgehead atoms. The number of hydrogen-bond donors (Lipinski definition) is 0. The Kier molecular flexibility index (Phi) is 4.21. The van der Waals surface area contributed by atoms with E-state index < -0.39 is 0 Å².